The fourth-order valence-electron chi connectivity index (χ4n) is 3.89. The van der Waals surface area contributed by atoms with Gasteiger partial charge in [-0.05, 0) is 24.0 Å². The van der Waals surface area contributed by atoms with Crippen LogP contribution in [0, 0.1) is 12.3 Å². The number of benzene rings is 1. The number of ketones is 1. The Labute approximate surface area is 136 Å². The molecule has 3 aliphatic rings. The van der Waals surface area contributed by atoms with Crippen LogP contribution in [-0.2, 0) is 21.7 Å². The maximum Gasteiger partial charge on any atom is 0.182 e. The van der Waals surface area contributed by atoms with E-state index in [1.165, 1.54) is 11.1 Å². The van der Waals surface area contributed by atoms with Crippen LogP contribution < -0.4 is 5.32 Å². The number of rotatable bonds is 2. The van der Waals surface area contributed by atoms with Crippen LogP contribution in [0.1, 0.15) is 30.4 Å². The van der Waals surface area contributed by atoms with Crippen molar-refractivity contribution >= 4 is 5.78 Å². The first kappa shape index (κ1) is 14.3. The minimum Gasteiger partial charge on any atom is -0.365 e. The first-order valence-corrected chi connectivity index (χ1v) is 8.15. The number of carbonyl (C=O) groups excluding carboxylic acids is 1. The van der Waals surface area contributed by atoms with Gasteiger partial charge in [-0.1, -0.05) is 24.3 Å². The van der Waals surface area contributed by atoms with Crippen LogP contribution in [0.3, 0.4) is 0 Å². The molecule has 4 nitrogen and oxygen atoms in total. The first-order valence-electron chi connectivity index (χ1n) is 8.15. The molecule has 1 N–H and O–H groups in total. The minimum absolute atomic E-state index is 0.0840. The van der Waals surface area contributed by atoms with Crippen LogP contribution in [0.25, 0.3) is 0 Å². The smallest absolute Gasteiger partial charge is 0.182 e. The van der Waals surface area contributed by atoms with Crippen molar-refractivity contribution in [3.63, 3.8) is 0 Å². The zero-order chi connectivity index (χ0) is 15.9. The lowest BCUT2D eigenvalue weighted by Crippen LogP contribution is -2.44. The lowest BCUT2D eigenvalue weighted by Gasteiger charge is -2.40. The molecule has 0 aliphatic carbocycles. The summed E-state index contributed by atoms with van der Waals surface area (Å²) in [5, 5.41) is 3.26. The summed E-state index contributed by atoms with van der Waals surface area (Å²) in [7, 11) is 0. The Balaban J connectivity index is 1.46. The van der Waals surface area contributed by atoms with Gasteiger partial charge in [-0.2, -0.15) is 0 Å². The Morgan fingerprint density at radius 2 is 2.13 bits per heavy atom. The Kier molecular flexibility index (Phi) is 3.39. The monoisotopic (exact) mass is 308 g/mol. The third-order valence-corrected chi connectivity index (χ3v) is 5.19. The molecule has 0 bridgehead atoms. The van der Waals surface area contributed by atoms with Crippen molar-refractivity contribution in [3.05, 3.63) is 47.3 Å². The van der Waals surface area contributed by atoms with Crippen molar-refractivity contribution in [2.24, 2.45) is 0 Å². The molecule has 1 atom stereocenters. The highest BCUT2D eigenvalue weighted by Crippen LogP contribution is 2.44. The number of terminal acetylenes is 1. The van der Waals surface area contributed by atoms with Crippen LogP contribution in [0.4, 0.5) is 0 Å². The first-order chi connectivity index (χ1) is 11.2. The zero-order valence-corrected chi connectivity index (χ0v) is 13.0. The molecule has 23 heavy (non-hydrogen) atoms. The molecule has 1 aromatic rings. The van der Waals surface area contributed by atoms with Crippen LogP contribution in [-0.4, -0.2) is 29.8 Å². The van der Waals surface area contributed by atoms with Crippen molar-refractivity contribution in [1.29, 1.82) is 0 Å². The summed E-state index contributed by atoms with van der Waals surface area (Å²) >= 11 is 0. The van der Waals surface area contributed by atoms with E-state index in [-0.39, 0.29) is 17.4 Å². The molecule has 0 amide bonds. The molecular weight excluding hydrogens is 288 g/mol. The van der Waals surface area contributed by atoms with Crippen LogP contribution in [0.5, 0.6) is 0 Å². The molecule has 3 heterocycles. The van der Waals surface area contributed by atoms with Gasteiger partial charge in [0.05, 0.1) is 12.2 Å². The molecule has 0 saturated carbocycles. The summed E-state index contributed by atoms with van der Waals surface area (Å²) in [4.78, 5) is 14.2. The molecule has 118 valence electrons. The lowest BCUT2D eigenvalue weighted by molar-refractivity contribution is -0.115. The number of piperidine rings is 1. The minimum atomic E-state index is -0.255. The highest BCUT2D eigenvalue weighted by molar-refractivity contribution is 5.97. The molecule has 0 aromatic heterocycles. The summed E-state index contributed by atoms with van der Waals surface area (Å²) in [5.74, 6) is 3.56. The van der Waals surface area contributed by atoms with Crippen molar-refractivity contribution in [2.45, 2.75) is 37.5 Å². The molecule has 1 aromatic carbocycles. The summed E-state index contributed by atoms with van der Waals surface area (Å²) in [5.41, 5.74) is 2.51. The molecule has 0 radical (unpaired) electrons. The topological polar surface area (TPSA) is 41.6 Å². The molecule has 1 spiro atoms. The molecule has 4 heteroatoms. The van der Waals surface area contributed by atoms with E-state index in [0.717, 1.165) is 31.8 Å². The predicted octanol–water partition coefficient (Wildman–Crippen LogP) is 1.91. The van der Waals surface area contributed by atoms with Gasteiger partial charge in [-0.3, -0.25) is 4.79 Å². The van der Waals surface area contributed by atoms with Gasteiger partial charge in [0.2, 0.25) is 0 Å². The Hall–Kier alpha value is -2.25. The van der Waals surface area contributed by atoms with Gasteiger partial charge in [-0.15, -0.1) is 12.3 Å². The maximum atomic E-state index is 11.9. The second-order valence-corrected chi connectivity index (χ2v) is 6.46. The van der Waals surface area contributed by atoms with E-state index in [4.69, 9.17) is 11.2 Å². The van der Waals surface area contributed by atoms with Crippen molar-refractivity contribution in [1.82, 2.24) is 10.2 Å². The summed E-state index contributed by atoms with van der Waals surface area (Å²) in [6, 6.07) is 8.25. The van der Waals surface area contributed by atoms with Gasteiger partial charge in [0.25, 0.3) is 0 Å². The van der Waals surface area contributed by atoms with Gasteiger partial charge in [0, 0.05) is 25.6 Å². The van der Waals surface area contributed by atoms with Crippen LogP contribution in [0.2, 0.25) is 0 Å². The van der Waals surface area contributed by atoms with E-state index in [2.05, 4.69) is 40.4 Å². The van der Waals surface area contributed by atoms with Gasteiger partial charge >= 0.3 is 0 Å². The number of likely N-dealkylation sites (tertiary alicyclic amines) is 1. The third kappa shape index (κ3) is 2.32. The van der Waals surface area contributed by atoms with Crippen molar-refractivity contribution < 1.29 is 9.53 Å². The Morgan fingerprint density at radius 1 is 1.35 bits per heavy atom. The largest absolute Gasteiger partial charge is 0.365 e. The fourth-order valence-corrected chi connectivity index (χ4v) is 3.89. The zero-order valence-electron chi connectivity index (χ0n) is 13.0. The number of ether oxygens (including phenoxy) is 1. The highest BCUT2D eigenvalue weighted by Gasteiger charge is 2.43. The number of nitrogens with zero attached hydrogens (tertiary/aromatic N) is 1. The molecule has 3 aliphatic heterocycles. The fraction of sp³-hybridized carbons (Fsp3) is 0.421. The number of nitrogens with one attached hydrogen (secondary N) is 1. The quantitative estimate of drug-likeness (QED) is 0.848. The molecular formula is C19H20N2O2. The standard InChI is InChI=1S/C19H20N2O2/c1-2-5-16-17(22)12-18(20-16)21-10-8-19(9-11-21)15-7-4-3-6-14(15)13-23-19/h1,3-4,6-7,12,16,20H,5,8-11,13H2. The lowest BCUT2D eigenvalue weighted by atomic mass is 9.84. The maximum absolute atomic E-state index is 11.9. The number of hydrogen-bond acceptors (Lipinski definition) is 4. The summed E-state index contributed by atoms with van der Waals surface area (Å²) in [6.07, 6.45) is 9.34. The van der Waals surface area contributed by atoms with Crippen molar-refractivity contribution in [3.8, 4) is 12.3 Å². The van der Waals surface area contributed by atoms with E-state index in [1.807, 2.05) is 0 Å². The number of hydrogen-bond donors (Lipinski definition) is 1. The second-order valence-electron chi connectivity index (χ2n) is 6.46. The van der Waals surface area contributed by atoms with Gasteiger partial charge in [0.15, 0.2) is 5.78 Å². The molecule has 1 unspecified atom stereocenters. The van der Waals surface area contributed by atoms with Gasteiger partial charge in [-0.25, -0.2) is 0 Å². The second kappa shape index (κ2) is 5.43. The van der Waals surface area contributed by atoms with E-state index in [0.29, 0.717) is 13.0 Å². The third-order valence-electron chi connectivity index (χ3n) is 5.19. The van der Waals surface area contributed by atoms with E-state index in [1.54, 1.807) is 6.08 Å². The molecule has 4 rings (SSSR count). The highest BCUT2D eigenvalue weighted by atomic mass is 16.5. The average Bonchev–Trinajstić information content (AvgIpc) is 3.12. The van der Waals surface area contributed by atoms with Gasteiger partial charge < -0.3 is 15.0 Å². The van der Waals surface area contributed by atoms with E-state index < -0.39 is 0 Å². The summed E-state index contributed by atoms with van der Waals surface area (Å²) in [6.45, 7) is 2.46. The van der Waals surface area contributed by atoms with Crippen LogP contribution in [0.15, 0.2) is 36.2 Å². The predicted molar refractivity (Wildman–Crippen MR) is 87.2 cm³/mol. The van der Waals surface area contributed by atoms with Gasteiger partial charge in [0.1, 0.15) is 11.9 Å². The van der Waals surface area contributed by atoms with Crippen molar-refractivity contribution in [2.75, 3.05) is 13.1 Å². The van der Waals surface area contributed by atoms with E-state index >= 15 is 0 Å². The number of carbonyl (C=O) groups is 1. The average molecular weight is 308 g/mol. The normalized spacial score (nSPS) is 25.0. The molecule has 1 saturated heterocycles. The summed E-state index contributed by atoms with van der Waals surface area (Å²) < 4.78 is 6.18. The SMILES string of the molecule is C#CCC1NC(N2CCC3(CC2)OCc2ccccc23)=CC1=O. The molecule has 1 fully saturated rings. The Bertz CT molecular complexity index is 708. The number of fused-ring (bicyclic) bond motifs is 2. The van der Waals surface area contributed by atoms with E-state index in [9.17, 15) is 4.79 Å². The Morgan fingerprint density at radius 3 is 2.91 bits per heavy atom. The van der Waals surface area contributed by atoms with Crippen LogP contribution >= 0.6 is 0 Å².